The topological polar surface area (TPSA) is 61.8 Å². The zero-order chi connectivity index (χ0) is 24.7. The highest BCUT2D eigenvalue weighted by molar-refractivity contribution is 5.95. The second-order valence-corrected chi connectivity index (χ2v) is 12.9. The van der Waals surface area contributed by atoms with Gasteiger partial charge in [-0.1, -0.05) is 52.3 Å². The van der Waals surface area contributed by atoms with Gasteiger partial charge in [0.25, 0.3) is 0 Å². The first-order valence-electron chi connectivity index (χ1n) is 13.2. The summed E-state index contributed by atoms with van der Waals surface area (Å²) in [5, 5.41) is 0. The monoisotopic (exact) mass is 470 g/mol. The van der Waals surface area contributed by atoms with E-state index in [1.165, 1.54) is 12.5 Å². The van der Waals surface area contributed by atoms with Gasteiger partial charge in [0.05, 0.1) is 6.61 Å². The Hall–Kier alpha value is -1.46. The van der Waals surface area contributed by atoms with Gasteiger partial charge in [-0.05, 0) is 66.3 Å². The number of esters is 1. The van der Waals surface area contributed by atoms with Crippen LogP contribution in [0.2, 0.25) is 0 Å². The molecule has 0 aromatic heterocycles. The summed E-state index contributed by atoms with van der Waals surface area (Å²) >= 11 is 0. The fourth-order valence-electron chi connectivity index (χ4n) is 9.42. The first kappa shape index (κ1) is 24.2. The molecule has 1 aliphatic heterocycles. The van der Waals surface area contributed by atoms with E-state index in [0.717, 1.165) is 38.7 Å². The number of carbonyl (C=O) groups excluding carboxylic acids is 2. The van der Waals surface area contributed by atoms with Crippen molar-refractivity contribution in [1.82, 2.24) is 0 Å². The molecule has 1 heterocycles. The van der Waals surface area contributed by atoms with Crippen molar-refractivity contribution in [1.29, 1.82) is 0 Å². The van der Waals surface area contributed by atoms with Crippen molar-refractivity contribution in [2.24, 2.45) is 45.3 Å². The van der Waals surface area contributed by atoms with Crippen molar-refractivity contribution in [2.45, 2.75) is 86.0 Å². The van der Waals surface area contributed by atoms with Crippen molar-refractivity contribution >= 4 is 11.8 Å². The molecule has 188 valence electrons. The Bertz CT molecular complexity index is 948. The van der Waals surface area contributed by atoms with E-state index in [4.69, 9.17) is 14.2 Å². The molecule has 5 aliphatic rings. The first-order valence-corrected chi connectivity index (χ1v) is 13.2. The summed E-state index contributed by atoms with van der Waals surface area (Å²) in [6.45, 7) is 13.6. The number of fused-ring (bicyclic) bond motifs is 5. The highest BCUT2D eigenvalue weighted by Crippen LogP contribution is 2.72. The number of hydrogen-bond donors (Lipinski definition) is 0. The molecule has 9 atom stereocenters. The van der Waals surface area contributed by atoms with Crippen LogP contribution in [0.4, 0.5) is 0 Å². The zero-order valence-electron chi connectivity index (χ0n) is 22.0. The van der Waals surface area contributed by atoms with Crippen molar-refractivity contribution in [3.8, 4) is 0 Å². The average molecular weight is 471 g/mol. The van der Waals surface area contributed by atoms with Crippen LogP contribution in [0.15, 0.2) is 23.8 Å². The van der Waals surface area contributed by atoms with E-state index in [2.05, 4.69) is 46.8 Å². The molecular formula is C29H42O5. The maximum Gasteiger partial charge on any atom is 0.302 e. The lowest BCUT2D eigenvalue weighted by Gasteiger charge is -2.66. The smallest absolute Gasteiger partial charge is 0.302 e. The van der Waals surface area contributed by atoms with E-state index >= 15 is 0 Å². The van der Waals surface area contributed by atoms with Gasteiger partial charge in [0, 0.05) is 31.3 Å². The predicted octanol–water partition coefficient (Wildman–Crippen LogP) is 5.49. The standard InChI is InChI=1S/C29H42O5/c1-17(30)34-24-15-22-26(2,3)23(31)11-13-28(22,5)21-10-12-27(4)19(8-9-20(27)29(21,24)6)18-14-25(32-7)33-16-18/h9,11,13,18-19,21-22,24-25H,8,10,12,14-16H2,1-7H3/t18-,19+,21-,22+,24-,25?,27+,28-,29+/m1/s1. The summed E-state index contributed by atoms with van der Waals surface area (Å²) in [5.41, 5.74) is 0.719. The van der Waals surface area contributed by atoms with Gasteiger partial charge < -0.3 is 14.2 Å². The van der Waals surface area contributed by atoms with Crippen molar-refractivity contribution in [3.63, 3.8) is 0 Å². The number of carbonyl (C=O) groups is 2. The van der Waals surface area contributed by atoms with E-state index < -0.39 is 5.41 Å². The molecule has 0 bridgehead atoms. The van der Waals surface area contributed by atoms with E-state index in [9.17, 15) is 9.59 Å². The fraction of sp³-hybridized carbons (Fsp3) is 0.793. The largest absolute Gasteiger partial charge is 0.462 e. The highest BCUT2D eigenvalue weighted by atomic mass is 16.7. The van der Waals surface area contributed by atoms with Crippen LogP contribution in [0, 0.1) is 45.3 Å². The summed E-state index contributed by atoms with van der Waals surface area (Å²) in [4.78, 5) is 25.3. The molecule has 0 N–H and O–H groups in total. The minimum absolute atomic E-state index is 0.0627. The Morgan fingerprint density at radius 1 is 1.12 bits per heavy atom. The quantitative estimate of drug-likeness (QED) is 0.403. The molecule has 0 radical (unpaired) electrons. The van der Waals surface area contributed by atoms with Gasteiger partial charge in [-0.15, -0.1) is 0 Å². The van der Waals surface area contributed by atoms with E-state index in [0.29, 0.717) is 17.8 Å². The molecule has 5 rings (SSSR count). The number of hydrogen-bond acceptors (Lipinski definition) is 5. The zero-order valence-corrected chi connectivity index (χ0v) is 22.0. The molecule has 3 fully saturated rings. The van der Waals surface area contributed by atoms with Crippen LogP contribution in [0.1, 0.15) is 73.6 Å². The van der Waals surface area contributed by atoms with E-state index in [1.54, 1.807) is 7.11 Å². The number of allylic oxidation sites excluding steroid dienone is 3. The van der Waals surface area contributed by atoms with Crippen LogP contribution < -0.4 is 0 Å². The van der Waals surface area contributed by atoms with Crippen molar-refractivity contribution in [3.05, 3.63) is 23.8 Å². The van der Waals surface area contributed by atoms with Crippen LogP contribution in [0.3, 0.4) is 0 Å². The molecule has 1 saturated heterocycles. The SMILES string of the molecule is COC1C[C@@H]([C@@H]2CC=C3[C@@]4(C)[C@H](CC[C@]32C)[C@@]2(C)C=CC(=O)C(C)(C)[C@@H]2C[C@H]4OC(C)=O)CO1. The van der Waals surface area contributed by atoms with E-state index in [1.807, 2.05) is 6.08 Å². The van der Waals surface area contributed by atoms with Gasteiger partial charge in [-0.25, -0.2) is 0 Å². The molecule has 0 aromatic carbocycles. The summed E-state index contributed by atoms with van der Waals surface area (Å²) in [6, 6.07) is 0. The third kappa shape index (κ3) is 3.11. The summed E-state index contributed by atoms with van der Waals surface area (Å²) in [7, 11) is 1.73. The van der Waals surface area contributed by atoms with Crippen LogP contribution in [0.5, 0.6) is 0 Å². The maximum atomic E-state index is 12.9. The van der Waals surface area contributed by atoms with Crippen LogP contribution in [-0.2, 0) is 23.8 Å². The van der Waals surface area contributed by atoms with Gasteiger partial charge in [0.15, 0.2) is 12.1 Å². The third-order valence-corrected chi connectivity index (χ3v) is 11.1. The molecule has 2 saturated carbocycles. The predicted molar refractivity (Wildman–Crippen MR) is 130 cm³/mol. The Balaban J connectivity index is 1.57. The van der Waals surface area contributed by atoms with Gasteiger partial charge in [-0.3, -0.25) is 9.59 Å². The van der Waals surface area contributed by atoms with Crippen LogP contribution in [0.25, 0.3) is 0 Å². The lowest BCUT2D eigenvalue weighted by molar-refractivity contribution is -0.188. The summed E-state index contributed by atoms with van der Waals surface area (Å²) in [5.74, 6) is 1.43. The lowest BCUT2D eigenvalue weighted by Crippen LogP contribution is -2.64. The van der Waals surface area contributed by atoms with Gasteiger partial charge in [-0.2, -0.15) is 0 Å². The van der Waals surface area contributed by atoms with Gasteiger partial charge >= 0.3 is 5.97 Å². The molecule has 34 heavy (non-hydrogen) atoms. The Labute approximate surface area is 204 Å². The third-order valence-electron chi connectivity index (χ3n) is 11.1. The van der Waals surface area contributed by atoms with Crippen molar-refractivity contribution < 1.29 is 23.8 Å². The highest BCUT2D eigenvalue weighted by Gasteiger charge is 2.68. The Morgan fingerprint density at radius 2 is 1.85 bits per heavy atom. The summed E-state index contributed by atoms with van der Waals surface area (Å²) in [6.07, 6.45) is 11.1. The minimum atomic E-state index is -0.465. The number of ketones is 1. The van der Waals surface area contributed by atoms with E-state index in [-0.39, 0.29) is 46.3 Å². The minimum Gasteiger partial charge on any atom is -0.462 e. The number of methoxy groups -OCH3 is 1. The van der Waals surface area contributed by atoms with Crippen LogP contribution >= 0.6 is 0 Å². The average Bonchev–Trinajstić information content (AvgIpc) is 3.37. The van der Waals surface area contributed by atoms with Gasteiger partial charge in [0.2, 0.25) is 0 Å². The van der Waals surface area contributed by atoms with Gasteiger partial charge in [0.1, 0.15) is 6.10 Å². The second kappa shape index (κ2) is 7.77. The number of rotatable bonds is 3. The Kier molecular flexibility index (Phi) is 5.54. The fourth-order valence-corrected chi connectivity index (χ4v) is 9.42. The second-order valence-electron chi connectivity index (χ2n) is 12.9. The molecular weight excluding hydrogens is 428 g/mol. The maximum absolute atomic E-state index is 12.9. The molecule has 5 heteroatoms. The normalized spacial score (nSPS) is 49.1. The van der Waals surface area contributed by atoms with Crippen molar-refractivity contribution in [2.75, 3.05) is 13.7 Å². The molecule has 1 unspecified atom stereocenters. The summed E-state index contributed by atoms with van der Waals surface area (Å²) < 4.78 is 17.6. The molecule has 0 amide bonds. The molecule has 0 aromatic rings. The number of ether oxygens (including phenoxy) is 3. The first-order chi connectivity index (χ1) is 15.9. The van der Waals surface area contributed by atoms with Crippen LogP contribution in [-0.4, -0.2) is 37.9 Å². The molecule has 0 spiro atoms. The molecule has 4 aliphatic carbocycles. The Morgan fingerprint density at radius 3 is 2.50 bits per heavy atom. The lowest BCUT2D eigenvalue weighted by atomic mass is 9.38. The molecule has 5 nitrogen and oxygen atoms in total.